The van der Waals surface area contributed by atoms with E-state index >= 15 is 0 Å². The second-order valence-electron chi connectivity index (χ2n) is 8.80. The summed E-state index contributed by atoms with van der Waals surface area (Å²) in [6, 6.07) is 10.8. The lowest BCUT2D eigenvalue weighted by atomic mass is 10.0. The molecule has 0 amide bonds. The van der Waals surface area contributed by atoms with Crippen LogP contribution in [0.1, 0.15) is 46.0 Å². The van der Waals surface area contributed by atoms with Crippen molar-refractivity contribution in [3.05, 3.63) is 30.3 Å². The summed E-state index contributed by atoms with van der Waals surface area (Å²) in [5.74, 6) is 1.50. The van der Waals surface area contributed by atoms with E-state index in [1.54, 1.807) is 0 Å². The summed E-state index contributed by atoms with van der Waals surface area (Å²) in [5, 5.41) is 7.24. The van der Waals surface area contributed by atoms with Crippen molar-refractivity contribution in [2.45, 2.75) is 64.2 Å². The molecule has 2 fully saturated rings. The van der Waals surface area contributed by atoms with Crippen LogP contribution in [0, 0.1) is 5.92 Å². The lowest BCUT2D eigenvalue weighted by molar-refractivity contribution is -0.0721. The van der Waals surface area contributed by atoms with E-state index in [1.807, 2.05) is 13.1 Å². The highest BCUT2D eigenvalue weighted by Crippen LogP contribution is 2.18. The van der Waals surface area contributed by atoms with Gasteiger partial charge in [0.2, 0.25) is 0 Å². The molecule has 2 saturated heterocycles. The van der Waals surface area contributed by atoms with Gasteiger partial charge in [0.25, 0.3) is 0 Å². The van der Waals surface area contributed by atoms with Crippen LogP contribution in [0.15, 0.2) is 35.3 Å². The zero-order valence-electron chi connectivity index (χ0n) is 19.0. The van der Waals surface area contributed by atoms with E-state index in [-0.39, 0.29) is 0 Å². The molecule has 1 aromatic rings. The number of hydrogen-bond donors (Lipinski definition) is 2. The highest BCUT2D eigenvalue weighted by Gasteiger charge is 2.24. The van der Waals surface area contributed by atoms with Gasteiger partial charge in [-0.25, -0.2) is 0 Å². The average molecular weight is 417 g/mol. The van der Waals surface area contributed by atoms with Crippen LogP contribution in [0.25, 0.3) is 0 Å². The fourth-order valence-corrected chi connectivity index (χ4v) is 4.15. The van der Waals surface area contributed by atoms with Crippen molar-refractivity contribution in [1.29, 1.82) is 0 Å². The second-order valence-corrected chi connectivity index (χ2v) is 8.80. The number of para-hydroxylation sites is 1. The standard InChI is InChI=1S/C24H40N4O2/c1-19(2)23(27-20-9-5-4-6-10-20)17-26-24(25-3)28-14-12-21(13-15-28)30-18-22-11-7-8-16-29-22/h4-6,9-10,19,21-23,27H,7-8,11-18H2,1-3H3,(H,25,26). The van der Waals surface area contributed by atoms with E-state index in [0.29, 0.717) is 24.2 Å². The summed E-state index contributed by atoms with van der Waals surface area (Å²) in [7, 11) is 1.88. The molecule has 1 aromatic carbocycles. The zero-order valence-corrected chi connectivity index (χ0v) is 19.0. The molecule has 2 aliphatic heterocycles. The normalized spacial score (nSPS) is 22.2. The lowest BCUT2D eigenvalue weighted by Crippen LogP contribution is -2.50. The van der Waals surface area contributed by atoms with Gasteiger partial charge < -0.3 is 25.0 Å². The minimum absolute atomic E-state index is 0.302. The molecular formula is C24H40N4O2. The summed E-state index contributed by atoms with van der Waals surface area (Å²) in [6.07, 6.45) is 6.34. The third kappa shape index (κ3) is 7.17. The van der Waals surface area contributed by atoms with Gasteiger partial charge in [-0.2, -0.15) is 0 Å². The number of hydrogen-bond acceptors (Lipinski definition) is 4. The summed E-state index contributed by atoms with van der Waals surface area (Å²) in [6.45, 7) is 8.95. The number of nitrogens with zero attached hydrogens (tertiary/aromatic N) is 2. The molecule has 0 spiro atoms. The molecule has 3 rings (SSSR count). The minimum Gasteiger partial charge on any atom is -0.380 e. The van der Waals surface area contributed by atoms with E-state index in [2.05, 4.69) is 58.6 Å². The second kappa shape index (κ2) is 12.2. The van der Waals surface area contributed by atoms with Gasteiger partial charge in [0, 0.05) is 45.0 Å². The Morgan fingerprint density at radius 2 is 1.93 bits per heavy atom. The molecule has 6 heteroatoms. The Balaban J connectivity index is 1.41. The number of piperidine rings is 1. The van der Waals surface area contributed by atoms with Crippen molar-refractivity contribution < 1.29 is 9.47 Å². The molecule has 2 unspecified atom stereocenters. The molecule has 0 saturated carbocycles. The third-order valence-electron chi connectivity index (χ3n) is 6.16. The van der Waals surface area contributed by atoms with E-state index in [0.717, 1.165) is 63.8 Å². The maximum absolute atomic E-state index is 6.16. The molecule has 0 aliphatic carbocycles. The van der Waals surface area contributed by atoms with Crippen LogP contribution in [-0.4, -0.2) is 69.0 Å². The summed E-state index contributed by atoms with van der Waals surface area (Å²) in [5.41, 5.74) is 1.16. The van der Waals surface area contributed by atoms with Crippen molar-refractivity contribution >= 4 is 11.6 Å². The van der Waals surface area contributed by atoms with Gasteiger partial charge in [0.05, 0.1) is 18.8 Å². The topological polar surface area (TPSA) is 58.1 Å². The Bertz CT molecular complexity index is 623. The highest BCUT2D eigenvalue weighted by atomic mass is 16.5. The first kappa shape index (κ1) is 22.9. The van der Waals surface area contributed by atoms with Crippen LogP contribution >= 0.6 is 0 Å². The van der Waals surface area contributed by atoms with Crippen LogP contribution in [0.4, 0.5) is 5.69 Å². The van der Waals surface area contributed by atoms with Crippen LogP contribution in [0.5, 0.6) is 0 Å². The first-order valence-corrected chi connectivity index (χ1v) is 11.7. The van der Waals surface area contributed by atoms with Gasteiger partial charge >= 0.3 is 0 Å². The Kier molecular flexibility index (Phi) is 9.27. The average Bonchev–Trinajstić information content (AvgIpc) is 2.79. The Labute approximate surface area is 182 Å². The third-order valence-corrected chi connectivity index (χ3v) is 6.16. The summed E-state index contributed by atoms with van der Waals surface area (Å²) >= 11 is 0. The number of nitrogens with one attached hydrogen (secondary N) is 2. The van der Waals surface area contributed by atoms with Gasteiger partial charge in [-0.1, -0.05) is 32.0 Å². The predicted molar refractivity (Wildman–Crippen MR) is 124 cm³/mol. The molecule has 2 atom stereocenters. The first-order chi connectivity index (χ1) is 14.7. The summed E-state index contributed by atoms with van der Waals surface area (Å²) in [4.78, 5) is 6.90. The van der Waals surface area contributed by atoms with Crippen molar-refractivity contribution in [2.24, 2.45) is 10.9 Å². The maximum atomic E-state index is 6.16. The van der Waals surface area contributed by atoms with Gasteiger partial charge in [-0.15, -0.1) is 0 Å². The van der Waals surface area contributed by atoms with Gasteiger partial charge in [-0.05, 0) is 50.2 Å². The molecule has 0 bridgehead atoms. The van der Waals surface area contributed by atoms with Crippen molar-refractivity contribution in [1.82, 2.24) is 10.2 Å². The Hall–Kier alpha value is -1.79. The quantitative estimate of drug-likeness (QED) is 0.499. The molecule has 2 N–H and O–H groups in total. The number of rotatable bonds is 8. The van der Waals surface area contributed by atoms with Crippen LogP contribution in [0.2, 0.25) is 0 Å². The maximum Gasteiger partial charge on any atom is 0.193 e. The number of aliphatic imine (C=N–C) groups is 1. The van der Waals surface area contributed by atoms with Gasteiger partial charge in [0.15, 0.2) is 5.96 Å². The van der Waals surface area contributed by atoms with Crippen LogP contribution in [0.3, 0.4) is 0 Å². The van der Waals surface area contributed by atoms with E-state index in [4.69, 9.17) is 9.47 Å². The fraction of sp³-hybridized carbons (Fsp3) is 0.708. The van der Waals surface area contributed by atoms with Crippen molar-refractivity contribution in [2.75, 3.05) is 45.2 Å². The predicted octanol–water partition coefficient (Wildman–Crippen LogP) is 3.75. The first-order valence-electron chi connectivity index (χ1n) is 11.7. The molecule has 168 valence electrons. The number of ether oxygens (including phenoxy) is 2. The fourth-order valence-electron chi connectivity index (χ4n) is 4.15. The molecule has 0 aromatic heterocycles. The van der Waals surface area contributed by atoms with E-state index < -0.39 is 0 Å². The molecular weight excluding hydrogens is 376 g/mol. The number of likely N-dealkylation sites (tertiary alicyclic amines) is 1. The smallest absolute Gasteiger partial charge is 0.193 e. The van der Waals surface area contributed by atoms with Gasteiger partial charge in [-0.3, -0.25) is 4.99 Å². The molecule has 6 nitrogen and oxygen atoms in total. The highest BCUT2D eigenvalue weighted by molar-refractivity contribution is 5.80. The lowest BCUT2D eigenvalue weighted by Gasteiger charge is -2.35. The van der Waals surface area contributed by atoms with Crippen molar-refractivity contribution in [3.63, 3.8) is 0 Å². The Morgan fingerprint density at radius 1 is 1.17 bits per heavy atom. The zero-order chi connectivity index (χ0) is 21.2. The molecule has 2 aliphatic rings. The molecule has 2 heterocycles. The molecule has 0 radical (unpaired) electrons. The SMILES string of the molecule is CN=C(NCC(Nc1ccccc1)C(C)C)N1CCC(OCC2CCCCO2)CC1. The monoisotopic (exact) mass is 416 g/mol. The number of anilines is 1. The Morgan fingerprint density at radius 3 is 2.57 bits per heavy atom. The van der Waals surface area contributed by atoms with E-state index in [9.17, 15) is 0 Å². The minimum atomic E-state index is 0.302. The van der Waals surface area contributed by atoms with Crippen LogP contribution < -0.4 is 10.6 Å². The summed E-state index contributed by atoms with van der Waals surface area (Å²) < 4.78 is 11.9. The van der Waals surface area contributed by atoms with Crippen molar-refractivity contribution in [3.8, 4) is 0 Å². The molecule has 30 heavy (non-hydrogen) atoms. The number of benzene rings is 1. The van der Waals surface area contributed by atoms with Crippen LogP contribution in [-0.2, 0) is 9.47 Å². The van der Waals surface area contributed by atoms with Gasteiger partial charge in [0.1, 0.15) is 0 Å². The van der Waals surface area contributed by atoms with E-state index in [1.165, 1.54) is 12.8 Å². The number of guanidine groups is 1. The largest absolute Gasteiger partial charge is 0.380 e.